The second kappa shape index (κ2) is 5.44. The molecule has 0 saturated carbocycles. The van der Waals surface area contributed by atoms with Gasteiger partial charge in [0.15, 0.2) is 5.78 Å². The molecule has 17 heavy (non-hydrogen) atoms. The van der Waals surface area contributed by atoms with E-state index in [4.69, 9.17) is 0 Å². The molecule has 0 aliphatic heterocycles. The predicted octanol–water partition coefficient (Wildman–Crippen LogP) is 3.64. The van der Waals surface area contributed by atoms with E-state index in [0.717, 1.165) is 24.1 Å². The van der Waals surface area contributed by atoms with Crippen LogP contribution in [0.15, 0.2) is 6.07 Å². The van der Waals surface area contributed by atoms with Crippen molar-refractivity contribution in [3.8, 4) is 0 Å². The fourth-order valence-electron chi connectivity index (χ4n) is 2.77. The van der Waals surface area contributed by atoms with Crippen LogP contribution in [0.5, 0.6) is 0 Å². The molecule has 1 aliphatic carbocycles. The molecule has 0 fully saturated rings. The van der Waals surface area contributed by atoms with Crippen molar-refractivity contribution in [3.05, 3.63) is 28.6 Å². The Bertz CT molecular complexity index is 423. The molecule has 0 unspecified atom stereocenters. The van der Waals surface area contributed by atoms with Gasteiger partial charge in [-0.25, -0.2) is 0 Å². The van der Waals surface area contributed by atoms with Crippen molar-refractivity contribution in [1.82, 2.24) is 4.98 Å². The molecule has 2 rings (SSSR count). The summed E-state index contributed by atoms with van der Waals surface area (Å²) in [7, 11) is 0. The average Bonchev–Trinajstić information content (AvgIpc) is 2.26. The number of rotatable bonds is 1. The third-order valence-corrected chi connectivity index (χ3v) is 3.57. The first-order valence-corrected chi connectivity index (χ1v) is 6.69. The molecule has 0 atom stereocenters. The van der Waals surface area contributed by atoms with Crippen molar-refractivity contribution in [3.63, 3.8) is 0 Å². The first kappa shape index (κ1) is 12.3. The second-order valence-corrected chi connectivity index (χ2v) is 5.06. The molecule has 0 aromatic carbocycles. The number of Topliss-reactive ketones (excluding diaryl/α,β-unsaturated/α-hetero) is 1. The van der Waals surface area contributed by atoms with E-state index < -0.39 is 0 Å². The molecule has 2 heteroatoms. The van der Waals surface area contributed by atoms with Gasteiger partial charge in [-0.1, -0.05) is 19.3 Å². The minimum absolute atomic E-state index is 0.161. The van der Waals surface area contributed by atoms with Crippen LogP contribution in [0.3, 0.4) is 0 Å². The molecule has 2 nitrogen and oxygen atoms in total. The highest BCUT2D eigenvalue weighted by Gasteiger charge is 2.14. The lowest BCUT2D eigenvalue weighted by atomic mass is 9.94. The zero-order valence-electron chi connectivity index (χ0n) is 10.9. The second-order valence-electron chi connectivity index (χ2n) is 5.06. The van der Waals surface area contributed by atoms with Gasteiger partial charge in [0.2, 0.25) is 0 Å². The minimum Gasteiger partial charge on any atom is -0.294 e. The highest BCUT2D eigenvalue weighted by Crippen LogP contribution is 2.21. The molecule has 0 amide bonds. The van der Waals surface area contributed by atoms with Crippen molar-refractivity contribution in [2.75, 3.05) is 0 Å². The molecule has 1 aromatic rings. The summed E-state index contributed by atoms with van der Waals surface area (Å²) in [6, 6.07) is 2.16. The van der Waals surface area contributed by atoms with Crippen LogP contribution < -0.4 is 0 Å². The smallest absolute Gasteiger partial charge is 0.161 e. The van der Waals surface area contributed by atoms with Crippen LogP contribution >= 0.6 is 0 Å². The summed E-state index contributed by atoms with van der Waals surface area (Å²) in [5.41, 5.74) is 4.19. The number of hydrogen-bond acceptors (Lipinski definition) is 2. The molecular weight excluding hydrogens is 210 g/mol. The maximum Gasteiger partial charge on any atom is 0.161 e. The van der Waals surface area contributed by atoms with Crippen LogP contribution in [0.4, 0.5) is 0 Å². The number of hydrogen-bond donors (Lipinski definition) is 0. The topological polar surface area (TPSA) is 30.0 Å². The maximum absolute atomic E-state index is 11.7. The minimum atomic E-state index is 0.161. The van der Waals surface area contributed by atoms with Crippen LogP contribution in [0, 0.1) is 6.92 Å². The molecule has 0 radical (unpaired) electrons. The summed E-state index contributed by atoms with van der Waals surface area (Å²) >= 11 is 0. The van der Waals surface area contributed by atoms with E-state index in [1.54, 1.807) is 6.92 Å². The van der Waals surface area contributed by atoms with Crippen molar-refractivity contribution < 1.29 is 4.79 Å². The highest BCUT2D eigenvalue weighted by molar-refractivity contribution is 5.96. The summed E-state index contributed by atoms with van der Waals surface area (Å²) in [6.07, 6.45) is 8.43. The highest BCUT2D eigenvalue weighted by atomic mass is 16.1. The van der Waals surface area contributed by atoms with Gasteiger partial charge in [0, 0.05) is 17.0 Å². The largest absolute Gasteiger partial charge is 0.294 e. The van der Waals surface area contributed by atoms with Gasteiger partial charge < -0.3 is 0 Å². The van der Waals surface area contributed by atoms with E-state index in [-0.39, 0.29) is 5.78 Å². The number of carbonyl (C=O) groups is 1. The summed E-state index contributed by atoms with van der Waals surface area (Å²) in [6.45, 7) is 3.62. The fourth-order valence-corrected chi connectivity index (χ4v) is 2.77. The van der Waals surface area contributed by atoms with E-state index in [1.807, 2.05) is 6.92 Å². The molecule has 2 bridgehead atoms. The lowest BCUT2D eigenvalue weighted by Gasteiger charge is -2.14. The Morgan fingerprint density at radius 1 is 1.12 bits per heavy atom. The molecule has 0 saturated heterocycles. The number of aryl methyl sites for hydroxylation is 3. The normalized spacial score (nSPS) is 16.6. The molecule has 0 spiro atoms. The van der Waals surface area contributed by atoms with Crippen molar-refractivity contribution in [2.45, 2.75) is 58.8 Å². The third-order valence-electron chi connectivity index (χ3n) is 3.57. The van der Waals surface area contributed by atoms with Gasteiger partial charge in [0.1, 0.15) is 0 Å². The molecule has 0 N–H and O–H groups in total. The molecule has 1 heterocycles. The van der Waals surface area contributed by atoms with Gasteiger partial charge in [0.05, 0.1) is 0 Å². The zero-order valence-corrected chi connectivity index (χ0v) is 10.9. The Hall–Kier alpha value is -1.18. The zero-order chi connectivity index (χ0) is 12.3. The van der Waals surface area contributed by atoms with Gasteiger partial charge in [-0.2, -0.15) is 0 Å². The van der Waals surface area contributed by atoms with Crippen LogP contribution in [0.2, 0.25) is 0 Å². The van der Waals surface area contributed by atoms with Crippen LogP contribution in [-0.4, -0.2) is 10.8 Å². The summed E-state index contributed by atoms with van der Waals surface area (Å²) in [5, 5.41) is 0. The first-order chi connectivity index (χ1) is 8.18. The van der Waals surface area contributed by atoms with E-state index in [1.165, 1.54) is 43.4 Å². The monoisotopic (exact) mass is 231 g/mol. The Kier molecular flexibility index (Phi) is 3.93. The lowest BCUT2D eigenvalue weighted by molar-refractivity contribution is 0.101. The Labute approximate surface area is 103 Å². The molecule has 92 valence electrons. The fraction of sp³-hybridized carbons (Fsp3) is 0.600. The van der Waals surface area contributed by atoms with Crippen LogP contribution in [-0.2, 0) is 12.8 Å². The van der Waals surface area contributed by atoms with E-state index in [9.17, 15) is 4.79 Å². The number of nitrogens with zero attached hydrogens (tertiary/aromatic N) is 1. The van der Waals surface area contributed by atoms with Gasteiger partial charge in [-0.15, -0.1) is 0 Å². The van der Waals surface area contributed by atoms with Crippen LogP contribution in [0.25, 0.3) is 0 Å². The molecule has 1 aromatic heterocycles. The predicted molar refractivity (Wildman–Crippen MR) is 69.5 cm³/mol. The third kappa shape index (κ3) is 2.93. The van der Waals surface area contributed by atoms with E-state index >= 15 is 0 Å². The SMILES string of the molecule is CC(=O)c1c2cc(nc1C)CCCCCCC2. The quantitative estimate of drug-likeness (QED) is 0.691. The first-order valence-electron chi connectivity index (χ1n) is 6.69. The number of aromatic nitrogens is 1. The standard InChI is InChI=1S/C15H21NO/c1-11-15(12(2)17)13-8-6-4-3-5-7-9-14(10-13)16-11/h10H,3-9H2,1-2H3. The summed E-state index contributed by atoms with van der Waals surface area (Å²) in [5.74, 6) is 0.161. The van der Waals surface area contributed by atoms with E-state index in [0.29, 0.717) is 0 Å². The number of fused-ring (bicyclic) bond motifs is 2. The number of pyridine rings is 1. The Morgan fingerprint density at radius 3 is 2.47 bits per heavy atom. The van der Waals surface area contributed by atoms with Gasteiger partial charge in [-0.3, -0.25) is 9.78 Å². The van der Waals surface area contributed by atoms with E-state index in [2.05, 4.69) is 11.1 Å². The lowest BCUT2D eigenvalue weighted by Crippen LogP contribution is -2.08. The van der Waals surface area contributed by atoms with Gasteiger partial charge >= 0.3 is 0 Å². The number of ketones is 1. The number of carbonyl (C=O) groups excluding carboxylic acids is 1. The van der Waals surface area contributed by atoms with Gasteiger partial charge in [-0.05, 0) is 51.2 Å². The summed E-state index contributed by atoms with van der Waals surface area (Å²) < 4.78 is 0. The van der Waals surface area contributed by atoms with Crippen molar-refractivity contribution >= 4 is 5.78 Å². The Morgan fingerprint density at radius 2 is 1.76 bits per heavy atom. The van der Waals surface area contributed by atoms with Crippen molar-refractivity contribution in [1.29, 1.82) is 0 Å². The molecule has 1 aliphatic rings. The van der Waals surface area contributed by atoms with Crippen molar-refractivity contribution in [2.24, 2.45) is 0 Å². The Balaban J connectivity index is 2.40. The summed E-state index contributed by atoms with van der Waals surface area (Å²) in [4.78, 5) is 16.3. The van der Waals surface area contributed by atoms with Gasteiger partial charge in [0.25, 0.3) is 0 Å². The molecular formula is C15H21NO. The van der Waals surface area contributed by atoms with Crippen LogP contribution in [0.1, 0.15) is 66.3 Å². The maximum atomic E-state index is 11.7. The average molecular weight is 231 g/mol.